The van der Waals surface area contributed by atoms with Gasteiger partial charge in [-0.2, -0.15) is 0 Å². The molecule has 0 radical (unpaired) electrons. The fraction of sp³-hybridized carbons (Fsp3) is 1.00. The van der Waals surface area contributed by atoms with Crippen molar-refractivity contribution in [1.82, 2.24) is 0 Å². The quantitative estimate of drug-likeness (QED) is 0.730. The molecule has 2 heteroatoms. The highest BCUT2D eigenvalue weighted by atomic mass is 16.5. The summed E-state index contributed by atoms with van der Waals surface area (Å²) in [4.78, 5) is 0. The standard InChI is InChI=1S/C11H22O2/c1-4-9(2)8-10(12)11(3)6-5-7-13-11/h9-10,12H,4-8H2,1-3H3. The first-order chi connectivity index (χ1) is 6.08. The van der Waals surface area contributed by atoms with E-state index in [0.717, 1.165) is 32.3 Å². The predicted octanol–water partition coefficient (Wildman–Crippen LogP) is 2.35. The van der Waals surface area contributed by atoms with Gasteiger partial charge < -0.3 is 9.84 Å². The molecule has 0 bridgehead atoms. The average Bonchev–Trinajstić information content (AvgIpc) is 2.53. The topological polar surface area (TPSA) is 29.5 Å². The third kappa shape index (κ3) is 2.68. The van der Waals surface area contributed by atoms with Crippen molar-refractivity contribution in [2.24, 2.45) is 5.92 Å². The summed E-state index contributed by atoms with van der Waals surface area (Å²) < 4.78 is 5.60. The molecule has 1 aliphatic heterocycles. The lowest BCUT2D eigenvalue weighted by Crippen LogP contribution is -2.39. The van der Waals surface area contributed by atoms with E-state index >= 15 is 0 Å². The van der Waals surface area contributed by atoms with Crippen molar-refractivity contribution >= 4 is 0 Å². The number of hydrogen-bond acceptors (Lipinski definition) is 2. The van der Waals surface area contributed by atoms with Crippen LogP contribution in [0.3, 0.4) is 0 Å². The SMILES string of the molecule is CCC(C)CC(O)C1(C)CCCO1. The molecule has 0 saturated carbocycles. The summed E-state index contributed by atoms with van der Waals surface area (Å²) in [5.41, 5.74) is -0.260. The van der Waals surface area contributed by atoms with E-state index in [1.165, 1.54) is 0 Å². The summed E-state index contributed by atoms with van der Waals surface area (Å²) in [6.07, 6.45) is 3.81. The number of aliphatic hydroxyl groups excluding tert-OH is 1. The zero-order valence-corrected chi connectivity index (χ0v) is 9.05. The van der Waals surface area contributed by atoms with E-state index < -0.39 is 0 Å². The van der Waals surface area contributed by atoms with Crippen LogP contribution in [0.25, 0.3) is 0 Å². The molecule has 0 amide bonds. The number of ether oxygens (including phenoxy) is 1. The predicted molar refractivity (Wildman–Crippen MR) is 53.7 cm³/mol. The molecule has 78 valence electrons. The summed E-state index contributed by atoms with van der Waals surface area (Å²) in [7, 11) is 0. The Morgan fingerprint density at radius 1 is 1.54 bits per heavy atom. The van der Waals surface area contributed by atoms with Gasteiger partial charge in [0.25, 0.3) is 0 Å². The lowest BCUT2D eigenvalue weighted by atomic mass is 9.88. The molecular formula is C11H22O2. The summed E-state index contributed by atoms with van der Waals surface area (Å²) in [5, 5.41) is 9.98. The van der Waals surface area contributed by atoms with Crippen LogP contribution in [0.15, 0.2) is 0 Å². The van der Waals surface area contributed by atoms with Gasteiger partial charge in [0.15, 0.2) is 0 Å². The van der Waals surface area contributed by atoms with Gasteiger partial charge >= 0.3 is 0 Å². The van der Waals surface area contributed by atoms with Gasteiger partial charge in [-0.05, 0) is 32.1 Å². The molecule has 3 atom stereocenters. The van der Waals surface area contributed by atoms with E-state index in [1.807, 2.05) is 6.92 Å². The van der Waals surface area contributed by atoms with Crippen LogP contribution in [-0.4, -0.2) is 23.4 Å². The fourth-order valence-corrected chi connectivity index (χ4v) is 1.86. The highest BCUT2D eigenvalue weighted by Crippen LogP contribution is 2.31. The lowest BCUT2D eigenvalue weighted by Gasteiger charge is -2.30. The van der Waals surface area contributed by atoms with Crippen LogP contribution in [0.4, 0.5) is 0 Å². The van der Waals surface area contributed by atoms with Crippen molar-refractivity contribution in [2.75, 3.05) is 6.61 Å². The zero-order valence-electron chi connectivity index (χ0n) is 9.05. The molecule has 1 aliphatic rings. The zero-order chi connectivity index (χ0) is 9.90. The van der Waals surface area contributed by atoms with E-state index in [9.17, 15) is 5.11 Å². The van der Waals surface area contributed by atoms with Gasteiger partial charge in [-0.15, -0.1) is 0 Å². The Bertz CT molecular complexity index is 150. The van der Waals surface area contributed by atoms with E-state index in [-0.39, 0.29) is 11.7 Å². The Balaban J connectivity index is 2.41. The van der Waals surface area contributed by atoms with Crippen molar-refractivity contribution in [1.29, 1.82) is 0 Å². The summed E-state index contributed by atoms with van der Waals surface area (Å²) in [6, 6.07) is 0. The van der Waals surface area contributed by atoms with Crippen molar-refractivity contribution in [3.05, 3.63) is 0 Å². The van der Waals surface area contributed by atoms with Crippen LogP contribution >= 0.6 is 0 Å². The van der Waals surface area contributed by atoms with E-state index in [4.69, 9.17) is 4.74 Å². The van der Waals surface area contributed by atoms with Crippen molar-refractivity contribution in [3.63, 3.8) is 0 Å². The van der Waals surface area contributed by atoms with Gasteiger partial charge in [0.2, 0.25) is 0 Å². The summed E-state index contributed by atoms with van der Waals surface area (Å²) in [5.74, 6) is 0.594. The summed E-state index contributed by atoms with van der Waals surface area (Å²) >= 11 is 0. The second-order valence-electron chi connectivity index (χ2n) is 4.53. The third-order valence-electron chi connectivity index (χ3n) is 3.28. The maximum absolute atomic E-state index is 9.98. The molecule has 0 aromatic rings. The van der Waals surface area contributed by atoms with Crippen molar-refractivity contribution < 1.29 is 9.84 Å². The second kappa shape index (κ2) is 4.43. The van der Waals surface area contributed by atoms with Crippen LogP contribution in [0.5, 0.6) is 0 Å². The smallest absolute Gasteiger partial charge is 0.0913 e. The van der Waals surface area contributed by atoms with Crippen molar-refractivity contribution in [3.8, 4) is 0 Å². The molecule has 3 unspecified atom stereocenters. The minimum atomic E-state index is -0.287. The van der Waals surface area contributed by atoms with Crippen molar-refractivity contribution in [2.45, 2.75) is 58.2 Å². The lowest BCUT2D eigenvalue weighted by molar-refractivity contribution is -0.0851. The normalized spacial score (nSPS) is 33.2. The van der Waals surface area contributed by atoms with Crippen LogP contribution in [-0.2, 0) is 4.74 Å². The molecule has 2 nitrogen and oxygen atoms in total. The first kappa shape index (κ1) is 11.0. The molecule has 1 saturated heterocycles. The molecule has 0 aliphatic carbocycles. The first-order valence-corrected chi connectivity index (χ1v) is 5.40. The van der Waals surface area contributed by atoms with Gasteiger partial charge in [0.1, 0.15) is 0 Å². The highest BCUT2D eigenvalue weighted by molar-refractivity contribution is 4.88. The minimum Gasteiger partial charge on any atom is -0.390 e. The third-order valence-corrected chi connectivity index (χ3v) is 3.28. The van der Waals surface area contributed by atoms with E-state index in [1.54, 1.807) is 0 Å². The molecule has 0 aromatic heterocycles. The molecule has 1 N–H and O–H groups in total. The van der Waals surface area contributed by atoms with Gasteiger partial charge in [0, 0.05) is 6.61 Å². The maximum Gasteiger partial charge on any atom is 0.0913 e. The van der Waals surface area contributed by atoms with Crippen LogP contribution in [0, 0.1) is 5.92 Å². The molecule has 1 rings (SSSR count). The molecule has 1 fully saturated rings. The molecule has 13 heavy (non-hydrogen) atoms. The first-order valence-electron chi connectivity index (χ1n) is 5.40. The Labute approximate surface area is 81.3 Å². The van der Waals surface area contributed by atoms with Crippen LogP contribution in [0.1, 0.15) is 46.5 Å². The van der Waals surface area contributed by atoms with Crippen LogP contribution < -0.4 is 0 Å². The fourth-order valence-electron chi connectivity index (χ4n) is 1.86. The number of rotatable bonds is 4. The Morgan fingerprint density at radius 2 is 2.23 bits per heavy atom. The van der Waals surface area contributed by atoms with E-state index in [2.05, 4.69) is 13.8 Å². The Morgan fingerprint density at radius 3 is 2.69 bits per heavy atom. The number of hydrogen-bond donors (Lipinski definition) is 1. The van der Waals surface area contributed by atoms with Crippen LogP contribution in [0.2, 0.25) is 0 Å². The minimum absolute atomic E-state index is 0.260. The van der Waals surface area contributed by atoms with Gasteiger partial charge in [0.05, 0.1) is 11.7 Å². The summed E-state index contributed by atoms with van der Waals surface area (Å²) in [6.45, 7) is 7.19. The molecule has 0 spiro atoms. The Kier molecular flexibility index (Phi) is 3.74. The second-order valence-corrected chi connectivity index (χ2v) is 4.53. The average molecular weight is 186 g/mol. The Hall–Kier alpha value is -0.0800. The monoisotopic (exact) mass is 186 g/mol. The van der Waals surface area contributed by atoms with Gasteiger partial charge in [-0.3, -0.25) is 0 Å². The maximum atomic E-state index is 9.98. The molecular weight excluding hydrogens is 164 g/mol. The highest BCUT2D eigenvalue weighted by Gasteiger charge is 2.37. The van der Waals surface area contributed by atoms with Gasteiger partial charge in [-0.1, -0.05) is 20.3 Å². The largest absolute Gasteiger partial charge is 0.390 e. The molecule has 0 aromatic carbocycles. The molecule has 1 heterocycles. The number of aliphatic hydroxyl groups is 1. The van der Waals surface area contributed by atoms with Gasteiger partial charge in [-0.25, -0.2) is 0 Å². The van der Waals surface area contributed by atoms with E-state index in [0.29, 0.717) is 5.92 Å².